The van der Waals surface area contributed by atoms with Gasteiger partial charge in [-0.25, -0.2) is 0 Å². The zero-order chi connectivity index (χ0) is 12.5. The van der Waals surface area contributed by atoms with Crippen molar-refractivity contribution in [3.8, 4) is 0 Å². The maximum absolute atomic E-state index is 6.27. The highest BCUT2D eigenvalue weighted by Crippen LogP contribution is 2.37. The SMILES string of the molecule is NCc1c(Cl)cccc1N(CC1CC1)CC1CC1. The molecule has 18 heavy (non-hydrogen) atoms. The van der Waals surface area contributed by atoms with Gasteiger partial charge in [0.2, 0.25) is 0 Å². The van der Waals surface area contributed by atoms with Crippen LogP contribution in [0.3, 0.4) is 0 Å². The Morgan fingerprint density at radius 1 is 1.11 bits per heavy atom. The molecule has 0 spiro atoms. The predicted molar refractivity (Wildman–Crippen MR) is 77.0 cm³/mol. The van der Waals surface area contributed by atoms with Gasteiger partial charge in [-0.2, -0.15) is 0 Å². The Labute approximate surface area is 114 Å². The molecule has 2 saturated carbocycles. The van der Waals surface area contributed by atoms with Crippen molar-refractivity contribution >= 4 is 17.3 Å². The van der Waals surface area contributed by atoms with E-state index in [1.54, 1.807) is 0 Å². The lowest BCUT2D eigenvalue weighted by molar-refractivity contribution is 0.676. The maximum Gasteiger partial charge on any atom is 0.0471 e. The van der Waals surface area contributed by atoms with Crippen LogP contribution in [0.1, 0.15) is 31.2 Å². The summed E-state index contributed by atoms with van der Waals surface area (Å²) in [6, 6.07) is 6.17. The number of halogens is 1. The average molecular weight is 265 g/mol. The first kappa shape index (κ1) is 12.3. The van der Waals surface area contributed by atoms with Crippen molar-refractivity contribution < 1.29 is 0 Å². The van der Waals surface area contributed by atoms with Crippen molar-refractivity contribution in [3.63, 3.8) is 0 Å². The molecule has 1 aromatic rings. The maximum atomic E-state index is 6.27. The van der Waals surface area contributed by atoms with Crippen LogP contribution in [-0.2, 0) is 6.54 Å². The molecule has 2 aliphatic rings. The second kappa shape index (κ2) is 5.10. The number of rotatable bonds is 6. The molecule has 2 nitrogen and oxygen atoms in total. The fraction of sp³-hybridized carbons (Fsp3) is 0.600. The van der Waals surface area contributed by atoms with Crippen molar-refractivity contribution in [2.75, 3.05) is 18.0 Å². The molecule has 0 bridgehead atoms. The van der Waals surface area contributed by atoms with Crippen molar-refractivity contribution in [1.29, 1.82) is 0 Å². The van der Waals surface area contributed by atoms with E-state index >= 15 is 0 Å². The monoisotopic (exact) mass is 264 g/mol. The van der Waals surface area contributed by atoms with Crippen LogP contribution in [0.5, 0.6) is 0 Å². The third-order valence-electron chi connectivity index (χ3n) is 3.99. The van der Waals surface area contributed by atoms with E-state index in [2.05, 4.69) is 11.0 Å². The molecule has 0 atom stereocenters. The van der Waals surface area contributed by atoms with Crippen LogP contribution in [-0.4, -0.2) is 13.1 Å². The number of nitrogens with zero attached hydrogens (tertiary/aromatic N) is 1. The zero-order valence-corrected chi connectivity index (χ0v) is 11.5. The van der Waals surface area contributed by atoms with Gasteiger partial charge in [0.15, 0.2) is 0 Å². The minimum atomic E-state index is 0.529. The van der Waals surface area contributed by atoms with E-state index < -0.39 is 0 Å². The molecule has 0 radical (unpaired) electrons. The Bertz CT molecular complexity index is 411. The summed E-state index contributed by atoms with van der Waals surface area (Å²) in [6.07, 6.45) is 5.55. The van der Waals surface area contributed by atoms with Gasteiger partial charge in [-0.05, 0) is 49.7 Å². The first-order valence-corrected chi connectivity index (χ1v) is 7.38. The molecular formula is C15H21ClN2. The number of hydrogen-bond acceptors (Lipinski definition) is 2. The highest BCUT2D eigenvalue weighted by molar-refractivity contribution is 6.31. The summed E-state index contributed by atoms with van der Waals surface area (Å²) in [6.45, 7) is 2.90. The van der Waals surface area contributed by atoms with E-state index in [4.69, 9.17) is 17.3 Å². The summed E-state index contributed by atoms with van der Waals surface area (Å²) >= 11 is 6.27. The second-order valence-electron chi connectivity index (χ2n) is 5.73. The van der Waals surface area contributed by atoms with E-state index in [1.807, 2.05) is 12.1 Å². The number of anilines is 1. The lowest BCUT2D eigenvalue weighted by Gasteiger charge is -2.27. The molecule has 0 amide bonds. The molecule has 2 N–H and O–H groups in total. The Kier molecular flexibility index (Phi) is 3.49. The van der Waals surface area contributed by atoms with Crippen LogP contribution in [0.15, 0.2) is 18.2 Å². The van der Waals surface area contributed by atoms with E-state index in [0.29, 0.717) is 6.54 Å². The van der Waals surface area contributed by atoms with Crippen molar-refractivity contribution in [2.45, 2.75) is 32.2 Å². The Morgan fingerprint density at radius 2 is 1.72 bits per heavy atom. The van der Waals surface area contributed by atoms with Gasteiger partial charge in [0.05, 0.1) is 0 Å². The Balaban J connectivity index is 1.84. The van der Waals surface area contributed by atoms with Crippen molar-refractivity contribution in [3.05, 3.63) is 28.8 Å². The van der Waals surface area contributed by atoms with Gasteiger partial charge in [-0.3, -0.25) is 0 Å². The van der Waals surface area contributed by atoms with Crippen LogP contribution in [0.25, 0.3) is 0 Å². The largest absolute Gasteiger partial charge is 0.371 e. The molecule has 0 aliphatic heterocycles. The summed E-state index contributed by atoms with van der Waals surface area (Å²) in [7, 11) is 0. The molecular weight excluding hydrogens is 244 g/mol. The quantitative estimate of drug-likeness (QED) is 0.853. The number of benzene rings is 1. The highest BCUT2D eigenvalue weighted by atomic mass is 35.5. The molecule has 0 saturated heterocycles. The van der Waals surface area contributed by atoms with E-state index in [1.165, 1.54) is 44.5 Å². The molecule has 0 heterocycles. The lowest BCUT2D eigenvalue weighted by atomic mass is 10.1. The van der Waals surface area contributed by atoms with Gasteiger partial charge in [-0.15, -0.1) is 0 Å². The molecule has 98 valence electrons. The van der Waals surface area contributed by atoms with Crippen LogP contribution >= 0.6 is 11.6 Å². The minimum absolute atomic E-state index is 0.529. The number of hydrogen-bond donors (Lipinski definition) is 1. The van der Waals surface area contributed by atoms with Gasteiger partial charge >= 0.3 is 0 Å². The van der Waals surface area contributed by atoms with Crippen molar-refractivity contribution in [1.82, 2.24) is 0 Å². The normalized spacial score (nSPS) is 19.0. The standard InChI is InChI=1S/C15H21ClN2/c16-14-2-1-3-15(13(14)8-17)18(9-11-4-5-11)10-12-6-7-12/h1-3,11-12H,4-10,17H2. The molecule has 0 aromatic heterocycles. The van der Waals surface area contributed by atoms with Crippen LogP contribution in [0.2, 0.25) is 5.02 Å². The Hall–Kier alpha value is -0.730. The van der Waals surface area contributed by atoms with E-state index in [-0.39, 0.29) is 0 Å². The summed E-state index contributed by atoms with van der Waals surface area (Å²) in [5, 5.41) is 0.812. The van der Waals surface area contributed by atoms with Crippen molar-refractivity contribution in [2.24, 2.45) is 17.6 Å². The molecule has 3 heteroatoms. The third-order valence-corrected chi connectivity index (χ3v) is 4.34. The fourth-order valence-corrected chi connectivity index (χ4v) is 2.79. The van der Waals surface area contributed by atoms with Gasteiger partial charge in [0, 0.05) is 35.9 Å². The third kappa shape index (κ3) is 2.81. The van der Waals surface area contributed by atoms with Crippen LogP contribution in [0, 0.1) is 11.8 Å². The zero-order valence-electron chi connectivity index (χ0n) is 10.7. The summed E-state index contributed by atoms with van der Waals surface area (Å²) < 4.78 is 0. The smallest absolute Gasteiger partial charge is 0.0471 e. The topological polar surface area (TPSA) is 29.3 Å². The van der Waals surface area contributed by atoms with Gasteiger partial charge in [-0.1, -0.05) is 17.7 Å². The van der Waals surface area contributed by atoms with Gasteiger partial charge in [0.25, 0.3) is 0 Å². The van der Waals surface area contributed by atoms with Crippen LogP contribution in [0.4, 0.5) is 5.69 Å². The first-order chi connectivity index (χ1) is 8.78. The van der Waals surface area contributed by atoms with E-state index in [9.17, 15) is 0 Å². The summed E-state index contributed by atoms with van der Waals surface area (Å²) in [5.41, 5.74) is 8.25. The molecule has 3 rings (SSSR count). The lowest BCUT2D eigenvalue weighted by Crippen LogP contribution is -2.29. The second-order valence-corrected chi connectivity index (χ2v) is 6.14. The summed E-state index contributed by atoms with van der Waals surface area (Å²) in [4.78, 5) is 2.53. The highest BCUT2D eigenvalue weighted by Gasteiger charge is 2.30. The number of nitrogens with two attached hydrogens (primary N) is 1. The van der Waals surface area contributed by atoms with Gasteiger partial charge in [0.1, 0.15) is 0 Å². The summed E-state index contributed by atoms with van der Waals surface area (Å²) in [5.74, 6) is 1.79. The molecule has 2 aliphatic carbocycles. The van der Waals surface area contributed by atoms with Gasteiger partial charge < -0.3 is 10.6 Å². The molecule has 1 aromatic carbocycles. The fourth-order valence-electron chi connectivity index (χ4n) is 2.54. The first-order valence-electron chi connectivity index (χ1n) is 7.00. The minimum Gasteiger partial charge on any atom is -0.371 e. The molecule has 0 unspecified atom stereocenters. The van der Waals surface area contributed by atoms with E-state index in [0.717, 1.165) is 22.4 Å². The Morgan fingerprint density at radius 3 is 2.22 bits per heavy atom. The average Bonchev–Trinajstić information content (AvgIpc) is 3.22. The molecule has 2 fully saturated rings. The van der Waals surface area contributed by atoms with Crippen LogP contribution < -0.4 is 10.6 Å². The predicted octanol–water partition coefficient (Wildman–Crippen LogP) is 3.43.